The molecule has 0 spiro atoms. The average molecular weight is 383 g/mol. The Bertz CT molecular complexity index is 458. The molecule has 156 valence electrons. The van der Waals surface area contributed by atoms with Crippen LogP contribution >= 0.6 is 0 Å². The van der Waals surface area contributed by atoms with Crippen LogP contribution in [0.25, 0.3) is 0 Å². The van der Waals surface area contributed by atoms with Gasteiger partial charge in [-0.1, -0.05) is 40.0 Å². The lowest BCUT2D eigenvalue weighted by atomic mass is 9.74. The summed E-state index contributed by atoms with van der Waals surface area (Å²) in [5, 5.41) is 0. The predicted octanol–water partition coefficient (Wildman–Crippen LogP) is 5.01. The van der Waals surface area contributed by atoms with E-state index in [1.165, 1.54) is 19.3 Å². The van der Waals surface area contributed by atoms with Crippen molar-refractivity contribution >= 4 is 11.9 Å². The molecule has 4 unspecified atom stereocenters. The maximum Gasteiger partial charge on any atom is 0.311 e. The minimum absolute atomic E-state index is 0.00168. The van der Waals surface area contributed by atoms with Gasteiger partial charge in [0.2, 0.25) is 0 Å². The van der Waals surface area contributed by atoms with Crippen molar-refractivity contribution in [1.82, 2.24) is 0 Å². The smallest absolute Gasteiger partial charge is 0.311 e. The van der Waals surface area contributed by atoms with Crippen LogP contribution < -0.4 is 0 Å². The molecule has 0 heterocycles. The van der Waals surface area contributed by atoms with Gasteiger partial charge in [0.05, 0.1) is 12.0 Å². The fourth-order valence-electron chi connectivity index (χ4n) is 4.41. The van der Waals surface area contributed by atoms with E-state index in [2.05, 4.69) is 6.92 Å². The van der Waals surface area contributed by atoms with Crippen molar-refractivity contribution in [2.24, 2.45) is 17.8 Å². The van der Waals surface area contributed by atoms with Crippen molar-refractivity contribution in [3.8, 4) is 0 Å². The zero-order chi connectivity index (χ0) is 19.6. The fourth-order valence-corrected chi connectivity index (χ4v) is 4.41. The number of carbonyl (C=O) groups excluding carboxylic acids is 2. The van der Waals surface area contributed by atoms with Crippen LogP contribution in [-0.2, 0) is 23.8 Å². The second-order valence-electron chi connectivity index (χ2n) is 8.36. The molecule has 0 aromatic carbocycles. The van der Waals surface area contributed by atoms with E-state index in [9.17, 15) is 9.59 Å². The van der Waals surface area contributed by atoms with Crippen LogP contribution in [0.3, 0.4) is 0 Å². The number of hydrogen-bond acceptors (Lipinski definition) is 5. The highest BCUT2D eigenvalue weighted by molar-refractivity contribution is 5.72. The number of esters is 2. The van der Waals surface area contributed by atoms with Crippen molar-refractivity contribution < 1.29 is 23.8 Å². The highest BCUT2D eigenvalue weighted by Crippen LogP contribution is 2.36. The monoisotopic (exact) mass is 382 g/mol. The summed E-state index contributed by atoms with van der Waals surface area (Å²) in [5.41, 5.74) is 0. The molecule has 2 saturated carbocycles. The minimum Gasteiger partial charge on any atom is -0.462 e. The fraction of sp³-hybridized carbons (Fsp3) is 0.909. The third-order valence-electron chi connectivity index (χ3n) is 6.37. The van der Waals surface area contributed by atoms with E-state index in [4.69, 9.17) is 14.2 Å². The number of rotatable bonds is 9. The second-order valence-corrected chi connectivity index (χ2v) is 8.36. The first-order valence-corrected chi connectivity index (χ1v) is 11.0. The van der Waals surface area contributed by atoms with Gasteiger partial charge in [-0.25, -0.2) is 0 Å². The molecule has 0 bridgehead atoms. The van der Waals surface area contributed by atoms with E-state index in [1.807, 2.05) is 13.8 Å². The molecule has 2 aliphatic rings. The average Bonchev–Trinajstić information content (AvgIpc) is 2.68. The van der Waals surface area contributed by atoms with Crippen LogP contribution in [0.4, 0.5) is 0 Å². The van der Waals surface area contributed by atoms with Crippen molar-refractivity contribution in [3.63, 3.8) is 0 Å². The summed E-state index contributed by atoms with van der Waals surface area (Å²) >= 11 is 0. The van der Waals surface area contributed by atoms with E-state index >= 15 is 0 Å². The molecule has 5 nitrogen and oxygen atoms in total. The van der Waals surface area contributed by atoms with Gasteiger partial charge < -0.3 is 14.2 Å². The first kappa shape index (κ1) is 22.2. The lowest BCUT2D eigenvalue weighted by molar-refractivity contribution is -0.168. The molecule has 0 aliphatic heterocycles. The molecule has 0 radical (unpaired) electrons. The standard InChI is InChI=1S/C22H38O5/c1-4-17(22(24)26-15-25-19-9-7-6-8-10-19)13-18-14-20(12-11-16(18)3)27-21(23)5-2/h16-20H,4-15H2,1-3H3. The van der Waals surface area contributed by atoms with E-state index in [-0.39, 0.29) is 36.9 Å². The summed E-state index contributed by atoms with van der Waals surface area (Å²) in [6.45, 7) is 6.18. The normalized spacial score (nSPS) is 27.7. The molecule has 2 aliphatic carbocycles. The topological polar surface area (TPSA) is 61.8 Å². The Kier molecular flexibility index (Phi) is 9.60. The molecule has 2 fully saturated rings. The van der Waals surface area contributed by atoms with Gasteiger partial charge in [0, 0.05) is 6.42 Å². The Balaban J connectivity index is 1.77. The molecule has 0 aromatic rings. The maximum absolute atomic E-state index is 12.5. The van der Waals surface area contributed by atoms with Crippen molar-refractivity contribution in [2.75, 3.05) is 6.79 Å². The van der Waals surface area contributed by atoms with Gasteiger partial charge in [-0.2, -0.15) is 0 Å². The molecule has 2 rings (SSSR count). The Morgan fingerprint density at radius 3 is 2.41 bits per heavy atom. The summed E-state index contributed by atoms with van der Waals surface area (Å²) in [6, 6.07) is 0. The van der Waals surface area contributed by atoms with E-state index in [0.717, 1.165) is 44.9 Å². The van der Waals surface area contributed by atoms with Crippen LogP contribution in [0.15, 0.2) is 0 Å². The molecule has 0 saturated heterocycles. The molecule has 0 amide bonds. The molecule has 0 aromatic heterocycles. The molecule has 5 heteroatoms. The van der Waals surface area contributed by atoms with Crippen molar-refractivity contribution in [2.45, 2.75) is 104 Å². The molecule has 27 heavy (non-hydrogen) atoms. The first-order valence-electron chi connectivity index (χ1n) is 11.0. The summed E-state index contributed by atoms with van der Waals surface area (Å²) in [5.74, 6) is 0.563. The zero-order valence-corrected chi connectivity index (χ0v) is 17.4. The number of carbonyl (C=O) groups is 2. The lowest BCUT2D eigenvalue weighted by Crippen LogP contribution is -2.33. The van der Waals surface area contributed by atoms with Crippen LogP contribution in [0.1, 0.15) is 91.4 Å². The summed E-state index contributed by atoms with van der Waals surface area (Å²) in [6.07, 6.45) is 10.9. The molecule has 0 N–H and O–H groups in total. The summed E-state index contributed by atoms with van der Waals surface area (Å²) in [7, 11) is 0. The number of ether oxygens (including phenoxy) is 3. The first-order chi connectivity index (χ1) is 13.0. The third-order valence-corrected chi connectivity index (χ3v) is 6.37. The highest BCUT2D eigenvalue weighted by Gasteiger charge is 2.33. The van der Waals surface area contributed by atoms with E-state index < -0.39 is 0 Å². The van der Waals surface area contributed by atoms with Crippen LogP contribution in [-0.4, -0.2) is 30.9 Å². The SMILES string of the molecule is CCC(=O)OC1CCC(C)C(CC(CC)C(=O)OCOC2CCCCC2)C1. The summed E-state index contributed by atoms with van der Waals surface area (Å²) in [4.78, 5) is 24.1. The Hall–Kier alpha value is -1.10. The minimum atomic E-state index is -0.145. The predicted molar refractivity (Wildman–Crippen MR) is 104 cm³/mol. The van der Waals surface area contributed by atoms with Crippen LogP contribution in [0, 0.1) is 17.8 Å². The highest BCUT2D eigenvalue weighted by atomic mass is 16.7. The Labute approximate surface area is 164 Å². The maximum atomic E-state index is 12.5. The third kappa shape index (κ3) is 7.44. The van der Waals surface area contributed by atoms with E-state index in [1.54, 1.807) is 0 Å². The second kappa shape index (κ2) is 11.7. The lowest BCUT2D eigenvalue weighted by Gasteiger charge is -2.35. The molecular formula is C22H38O5. The summed E-state index contributed by atoms with van der Waals surface area (Å²) < 4.78 is 16.7. The Morgan fingerprint density at radius 1 is 1.00 bits per heavy atom. The van der Waals surface area contributed by atoms with E-state index in [0.29, 0.717) is 18.3 Å². The van der Waals surface area contributed by atoms with Gasteiger partial charge in [0.15, 0.2) is 6.79 Å². The van der Waals surface area contributed by atoms with Crippen LogP contribution in [0.2, 0.25) is 0 Å². The van der Waals surface area contributed by atoms with Crippen molar-refractivity contribution in [3.05, 3.63) is 0 Å². The van der Waals surface area contributed by atoms with Gasteiger partial charge in [0.1, 0.15) is 6.10 Å². The van der Waals surface area contributed by atoms with Gasteiger partial charge in [-0.3, -0.25) is 9.59 Å². The van der Waals surface area contributed by atoms with Gasteiger partial charge in [0.25, 0.3) is 0 Å². The van der Waals surface area contributed by atoms with Crippen molar-refractivity contribution in [1.29, 1.82) is 0 Å². The Morgan fingerprint density at radius 2 is 1.74 bits per heavy atom. The van der Waals surface area contributed by atoms with Crippen LogP contribution in [0.5, 0.6) is 0 Å². The number of hydrogen-bond donors (Lipinski definition) is 0. The van der Waals surface area contributed by atoms with Gasteiger partial charge >= 0.3 is 11.9 Å². The zero-order valence-electron chi connectivity index (χ0n) is 17.4. The quantitative estimate of drug-likeness (QED) is 0.414. The largest absolute Gasteiger partial charge is 0.462 e. The van der Waals surface area contributed by atoms with Gasteiger partial charge in [-0.05, 0) is 56.8 Å². The van der Waals surface area contributed by atoms with Gasteiger partial charge in [-0.15, -0.1) is 0 Å². The molecule has 4 atom stereocenters. The molecular weight excluding hydrogens is 344 g/mol.